The standard InChI is InChI=1S/C9H9ClO/c1-2-7-4-3-5-8(6-11)9(7)10/h3-6H,2H2,1H3. The molecule has 0 amide bonds. The van der Waals surface area contributed by atoms with Gasteiger partial charge in [0.15, 0.2) is 6.29 Å². The Morgan fingerprint density at radius 2 is 2.27 bits per heavy atom. The second-order valence-corrected chi connectivity index (χ2v) is 2.67. The summed E-state index contributed by atoms with van der Waals surface area (Å²) in [4.78, 5) is 10.4. The smallest absolute Gasteiger partial charge is 0.151 e. The van der Waals surface area contributed by atoms with Gasteiger partial charge in [-0.1, -0.05) is 36.7 Å². The lowest BCUT2D eigenvalue weighted by molar-refractivity contribution is 0.112. The fourth-order valence-electron chi connectivity index (χ4n) is 0.964. The van der Waals surface area contributed by atoms with E-state index in [0.717, 1.165) is 18.3 Å². The van der Waals surface area contributed by atoms with E-state index in [4.69, 9.17) is 11.6 Å². The molecule has 0 atom stereocenters. The summed E-state index contributed by atoms with van der Waals surface area (Å²) < 4.78 is 0. The van der Waals surface area contributed by atoms with Crippen LogP contribution in [0.5, 0.6) is 0 Å². The highest BCUT2D eigenvalue weighted by molar-refractivity contribution is 6.33. The third kappa shape index (κ3) is 1.60. The van der Waals surface area contributed by atoms with Crippen LogP contribution in [0.15, 0.2) is 18.2 Å². The van der Waals surface area contributed by atoms with Crippen molar-refractivity contribution in [1.29, 1.82) is 0 Å². The molecular weight excluding hydrogens is 160 g/mol. The lowest BCUT2D eigenvalue weighted by atomic mass is 10.1. The SMILES string of the molecule is CCc1cccc(C=O)c1Cl. The van der Waals surface area contributed by atoms with E-state index in [1.807, 2.05) is 19.1 Å². The number of benzene rings is 1. The predicted octanol–water partition coefficient (Wildman–Crippen LogP) is 2.71. The summed E-state index contributed by atoms with van der Waals surface area (Å²) in [6.45, 7) is 2.01. The fraction of sp³-hybridized carbons (Fsp3) is 0.222. The molecule has 0 aliphatic heterocycles. The first-order valence-electron chi connectivity index (χ1n) is 3.52. The van der Waals surface area contributed by atoms with E-state index in [1.54, 1.807) is 6.07 Å². The first-order valence-corrected chi connectivity index (χ1v) is 3.90. The van der Waals surface area contributed by atoms with Crippen molar-refractivity contribution < 1.29 is 4.79 Å². The van der Waals surface area contributed by atoms with Crippen LogP contribution in [-0.2, 0) is 6.42 Å². The lowest BCUT2D eigenvalue weighted by Gasteiger charge is -2.01. The van der Waals surface area contributed by atoms with Crippen molar-refractivity contribution in [3.05, 3.63) is 34.3 Å². The van der Waals surface area contributed by atoms with Gasteiger partial charge in [-0.05, 0) is 12.0 Å². The molecule has 58 valence electrons. The summed E-state index contributed by atoms with van der Waals surface area (Å²) in [6, 6.07) is 5.48. The highest BCUT2D eigenvalue weighted by Crippen LogP contribution is 2.19. The zero-order valence-corrected chi connectivity index (χ0v) is 7.06. The van der Waals surface area contributed by atoms with Gasteiger partial charge in [0.1, 0.15) is 0 Å². The molecule has 0 fully saturated rings. The monoisotopic (exact) mass is 168 g/mol. The molecule has 0 saturated carbocycles. The summed E-state index contributed by atoms with van der Waals surface area (Å²) in [6.07, 6.45) is 1.64. The average molecular weight is 169 g/mol. The Hall–Kier alpha value is -0.820. The quantitative estimate of drug-likeness (QED) is 0.621. The minimum Gasteiger partial charge on any atom is -0.298 e. The van der Waals surface area contributed by atoms with E-state index in [-0.39, 0.29) is 0 Å². The van der Waals surface area contributed by atoms with Gasteiger partial charge < -0.3 is 0 Å². The predicted molar refractivity (Wildman–Crippen MR) is 46.2 cm³/mol. The van der Waals surface area contributed by atoms with Gasteiger partial charge in [0.05, 0.1) is 5.02 Å². The van der Waals surface area contributed by atoms with Crippen molar-refractivity contribution in [2.45, 2.75) is 13.3 Å². The van der Waals surface area contributed by atoms with Crippen LogP contribution in [0.2, 0.25) is 5.02 Å². The number of hydrogen-bond donors (Lipinski definition) is 0. The van der Waals surface area contributed by atoms with E-state index in [1.165, 1.54) is 0 Å². The molecule has 1 nitrogen and oxygen atoms in total. The zero-order chi connectivity index (χ0) is 8.27. The molecule has 0 N–H and O–H groups in total. The molecule has 1 rings (SSSR count). The number of aldehydes is 1. The third-order valence-corrected chi connectivity index (χ3v) is 2.08. The first-order chi connectivity index (χ1) is 5.29. The Morgan fingerprint density at radius 3 is 2.82 bits per heavy atom. The molecule has 0 heterocycles. The molecule has 1 aromatic carbocycles. The molecule has 0 aromatic heterocycles. The van der Waals surface area contributed by atoms with Crippen molar-refractivity contribution in [3.8, 4) is 0 Å². The van der Waals surface area contributed by atoms with Gasteiger partial charge >= 0.3 is 0 Å². The fourth-order valence-corrected chi connectivity index (χ4v) is 1.27. The van der Waals surface area contributed by atoms with Crippen LogP contribution in [0.25, 0.3) is 0 Å². The Balaban J connectivity index is 3.20. The number of rotatable bonds is 2. The van der Waals surface area contributed by atoms with Gasteiger partial charge in [-0.2, -0.15) is 0 Å². The molecule has 0 bridgehead atoms. The van der Waals surface area contributed by atoms with Crippen LogP contribution in [0.4, 0.5) is 0 Å². The number of aryl methyl sites for hydroxylation is 1. The molecule has 0 aliphatic carbocycles. The Labute approximate surface area is 71.0 Å². The highest BCUT2D eigenvalue weighted by Gasteiger charge is 2.01. The number of carbonyl (C=O) groups is 1. The van der Waals surface area contributed by atoms with Crippen molar-refractivity contribution in [2.75, 3.05) is 0 Å². The highest BCUT2D eigenvalue weighted by atomic mass is 35.5. The molecule has 0 aliphatic rings. The van der Waals surface area contributed by atoms with Crippen LogP contribution in [-0.4, -0.2) is 6.29 Å². The molecular formula is C9H9ClO. The van der Waals surface area contributed by atoms with Gasteiger partial charge in [-0.3, -0.25) is 4.79 Å². The Morgan fingerprint density at radius 1 is 1.55 bits per heavy atom. The van der Waals surface area contributed by atoms with Crippen LogP contribution in [0.1, 0.15) is 22.8 Å². The minimum atomic E-state index is 0.575. The molecule has 0 radical (unpaired) electrons. The molecule has 1 aromatic rings. The third-order valence-electron chi connectivity index (χ3n) is 1.62. The maximum Gasteiger partial charge on any atom is 0.151 e. The van der Waals surface area contributed by atoms with E-state index in [0.29, 0.717) is 10.6 Å². The van der Waals surface area contributed by atoms with Gasteiger partial charge in [0, 0.05) is 5.56 Å². The van der Waals surface area contributed by atoms with Gasteiger partial charge in [0.25, 0.3) is 0 Å². The summed E-state index contributed by atoms with van der Waals surface area (Å²) in [5, 5.41) is 0.588. The largest absolute Gasteiger partial charge is 0.298 e. The Bertz CT molecular complexity index is 268. The van der Waals surface area contributed by atoms with Crippen LogP contribution < -0.4 is 0 Å². The lowest BCUT2D eigenvalue weighted by Crippen LogP contribution is -1.87. The van der Waals surface area contributed by atoms with E-state index in [2.05, 4.69) is 0 Å². The second kappa shape index (κ2) is 3.54. The van der Waals surface area contributed by atoms with Gasteiger partial charge in [-0.15, -0.1) is 0 Å². The van der Waals surface area contributed by atoms with Gasteiger partial charge in [-0.25, -0.2) is 0 Å². The first kappa shape index (κ1) is 8.28. The Kier molecular flexibility index (Phi) is 2.66. The van der Waals surface area contributed by atoms with Crippen molar-refractivity contribution >= 4 is 17.9 Å². The van der Waals surface area contributed by atoms with Crippen LogP contribution in [0, 0.1) is 0 Å². The van der Waals surface area contributed by atoms with E-state index >= 15 is 0 Å². The average Bonchev–Trinajstić information content (AvgIpc) is 2.05. The number of halogens is 1. The molecule has 0 spiro atoms. The summed E-state index contributed by atoms with van der Waals surface area (Å²) >= 11 is 5.88. The maximum atomic E-state index is 10.4. The van der Waals surface area contributed by atoms with E-state index < -0.39 is 0 Å². The zero-order valence-electron chi connectivity index (χ0n) is 6.30. The maximum absolute atomic E-state index is 10.4. The topological polar surface area (TPSA) is 17.1 Å². The number of carbonyl (C=O) groups excluding carboxylic acids is 1. The normalized spacial score (nSPS) is 9.64. The van der Waals surface area contributed by atoms with Crippen LogP contribution >= 0.6 is 11.6 Å². The van der Waals surface area contributed by atoms with Crippen LogP contribution in [0.3, 0.4) is 0 Å². The summed E-state index contributed by atoms with van der Waals surface area (Å²) in [5.41, 5.74) is 1.60. The van der Waals surface area contributed by atoms with Crippen molar-refractivity contribution in [3.63, 3.8) is 0 Å². The summed E-state index contributed by atoms with van der Waals surface area (Å²) in [7, 11) is 0. The van der Waals surface area contributed by atoms with E-state index in [9.17, 15) is 4.79 Å². The van der Waals surface area contributed by atoms with Gasteiger partial charge in [0.2, 0.25) is 0 Å². The van der Waals surface area contributed by atoms with Crippen molar-refractivity contribution in [1.82, 2.24) is 0 Å². The molecule has 11 heavy (non-hydrogen) atoms. The minimum absolute atomic E-state index is 0.575. The molecule has 0 unspecified atom stereocenters. The van der Waals surface area contributed by atoms with Crippen molar-refractivity contribution in [2.24, 2.45) is 0 Å². The number of hydrogen-bond acceptors (Lipinski definition) is 1. The second-order valence-electron chi connectivity index (χ2n) is 2.29. The summed E-state index contributed by atoms with van der Waals surface area (Å²) in [5.74, 6) is 0. The molecule has 0 saturated heterocycles. The molecule has 2 heteroatoms.